The van der Waals surface area contributed by atoms with E-state index in [-0.39, 0.29) is 0 Å². The summed E-state index contributed by atoms with van der Waals surface area (Å²) in [4.78, 5) is 3.41. The molecule has 3 nitrogen and oxygen atoms in total. The minimum atomic E-state index is 0.367. The van der Waals surface area contributed by atoms with Gasteiger partial charge in [0.1, 0.15) is 5.82 Å². The molecule has 0 aliphatic carbocycles. The highest BCUT2D eigenvalue weighted by Crippen LogP contribution is 1.81. The van der Waals surface area contributed by atoms with Crippen molar-refractivity contribution in [3.63, 3.8) is 0 Å². The molecule has 0 radical (unpaired) electrons. The number of nitrogens with zero attached hydrogens (tertiary/aromatic N) is 1. The Bertz CT molecular complexity index is 124. The quantitative estimate of drug-likeness (QED) is 0.388. The molecule has 0 heterocycles. The van der Waals surface area contributed by atoms with Crippen LogP contribution in [0.4, 0.5) is 0 Å². The lowest BCUT2D eigenvalue weighted by atomic mass is 10.5. The van der Waals surface area contributed by atoms with Gasteiger partial charge in [0.05, 0.1) is 0 Å². The van der Waals surface area contributed by atoms with Crippen molar-refractivity contribution in [2.75, 3.05) is 0 Å². The highest BCUT2D eigenvalue weighted by molar-refractivity contribution is 5.28. The zero-order chi connectivity index (χ0) is 6.41. The number of hydrogen-bond donors (Lipinski definition) is 2. The van der Waals surface area contributed by atoms with Gasteiger partial charge in [-0.05, 0) is 25.1 Å². The lowest BCUT2D eigenvalue weighted by molar-refractivity contribution is 1.26. The second kappa shape index (κ2) is 3.92. The first-order chi connectivity index (χ1) is 3.81. The van der Waals surface area contributed by atoms with Crippen molar-refractivity contribution in [3.8, 4) is 0 Å². The summed E-state index contributed by atoms with van der Waals surface area (Å²) in [6.45, 7) is 3.20. The number of nitrogens with two attached hydrogens (primary N) is 2. The van der Waals surface area contributed by atoms with Gasteiger partial charge in [0.2, 0.25) is 0 Å². The van der Waals surface area contributed by atoms with Gasteiger partial charge in [0.15, 0.2) is 0 Å². The molecule has 0 amide bonds. The third-order valence-corrected chi connectivity index (χ3v) is 0.561. The molecule has 0 saturated heterocycles. The Kier molecular flexibility index (Phi) is 3.31. The first-order valence-corrected chi connectivity index (χ1v) is 2.12. The summed E-state index contributed by atoms with van der Waals surface area (Å²) in [5, 5.41) is 0. The van der Waals surface area contributed by atoms with Crippen molar-refractivity contribution in [1.82, 2.24) is 0 Å². The molecule has 4 N–H and O–H groups in total. The molecule has 0 aromatic carbocycles. The fourth-order valence-corrected chi connectivity index (χ4v) is 0.207. The van der Waals surface area contributed by atoms with E-state index in [4.69, 9.17) is 11.5 Å². The molecular weight excluding hydrogens is 102 g/mol. The van der Waals surface area contributed by atoms with E-state index in [0.717, 1.165) is 0 Å². The molecule has 0 aromatic heterocycles. The second-order valence-corrected chi connectivity index (χ2v) is 1.13. The fourth-order valence-electron chi connectivity index (χ4n) is 0.207. The molecular formula is C5H9N3. The fraction of sp³-hybridized carbons (Fsp3) is 0. The van der Waals surface area contributed by atoms with Crippen LogP contribution in [-0.4, -0.2) is 6.72 Å². The molecule has 8 heavy (non-hydrogen) atoms. The smallest absolute Gasteiger partial charge is 0.122 e. The van der Waals surface area contributed by atoms with Crippen molar-refractivity contribution in [2.45, 2.75) is 0 Å². The van der Waals surface area contributed by atoms with E-state index >= 15 is 0 Å². The zero-order valence-corrected chi connectivity index (χ0v) is 4.54. The summed E-state index contributed by atoms with van der Waals surface area (Å²) in [6, 6.07) is 0. The van der Waals surface area contributed by atoms with Gasteiger partial charge in [-0.3, -0.25) is 0 Å². The van der Waals surface area contributed by atoms with E-state index in [9.17, 15) is 0 Å². The van der Waals surface area contributed by atoms with Crippen LogP contribution >= 0.6 is 0 Å². The molecule has 0 aliphatic heterocycles. The Hall–Kier alpha value is -1.25. The summed E-state index contributed by atoms with van der Waals surface area (Å²) in [7, 11) is 0. The zero-order valence-electron chi connectivity index (χ0n) is 4.54. The van der Waals surface area contributed by atoms with E-state index in [1.807, 2.05) is 0 Å². The Morgan fingerprint density at radius 2 is 2.25 bits per heavy atom. The van der Waals surface area contributed by atoms with Gasteiger partial charge in [-0.25, -0.2) is 4.99 Å². The average Bonchev–Trinajstić information content (AvgIpc) is 1.83. The highest BCUT2D eigenvalue weighted by Gasteiger charge is 1.71. The molecule has 3 heteroatoms. The van der Waals surface area contributed by atoms with Gasteiger partial charge in [0, 0.05) is 0 Å². The van der Waals surface area contributed by atoms with Crippen molar-refractivity contribution in [1.29, 1.82) is 0 Å². The first kappa shape index (κ1) is 6.75. The van der Waals surface area contributed by atoms with Crippen LogP contribution in [0.3, 0.4) is 0 Å². The minimum absolute atomic E-state index is 0.367. The maximum absolute atomic E-state index is 5.18. The third kappa shape index (κ3) is 2.96. The van der Waals surface area contributed by atoms with Crippen molar-refractivity contribution in [3.05, 3.63) is 24.2 Å². The van der Waals surface area contributed by atoms with E-state index in [2.05, 4.69) is 11.7 Å². The molecule has 0 bridgehead atoms. The maximum atomic E-state index is 5.18. The minimum Gasteiger partial charge on any atom is -0.405 e. The van der Waals surface area contributed by atoms with Crippen LogP contribution < -0.4 is 11.5 Å². The summed E-state index contributed by atoms with van der Waals surface area (Å²) in [6.07, 6.45) is 4.52. The molecule has 0 spiro atoms. The molecule has 0 unspecified atom stereocenters. The van der Waals surface area contributed by atoms with Crippen LogP contribution in [0.1, 0.15) is 0 Å². The van der Waals surface area contributed by atoms with Gasteiger partial charge >= 0.3 is 0 Å². The normalized spacial score (nSPS) is 12.2. The third-order valence-electron chi connectivity index (χ3n) is 0.561. The van der Waals surface area contributed by atoms with Gasteiger partial charge in [-0.15, -0.1) is 0 Å². The summed E-state index contributed by atoms with van der Waals surface area (Å²) >= 11 is 0. The number of rotatable bonds is 2. The highest BCUT2D eigenvalue weighted by atomic mass is 14.9. The second-order valence-electron chi connectivity index (χ2n) is 1.13. The summed E-state index contributed by atoms with van der Waals surface area (Å²) < 4.78 is 0. The molecule has 0 saturated carbocycles. The van der Waals surface area contributed by atoms with Gasteiger partial charge < -0.3 is 11.5 Å². The lowest BCUT2D eigenvalue weighted by Crippen LogP contribution is -1.90. The van der Waals surface area contributed by atoms with Crippen molar-refractivity contribution >= 4 is 6.72 Å². The summed E-state index contributed by atoms with van der Waals surface area (Å²) in [5.74, 6) is 0.367. The van der Waals surface area contributed by atoms with Crippen molar-refractivity contribution in [2.24, 2.45) is 16.5 Å². The molecule has 0 rings (SSSR count). The Morgan fingerprint density at radius 3 is 2.62 bits per heavy atom. The molecule has 0 aliphatic rings. The topological polar surface area (TPSA) is 64.4 Å². The van der Waals surface area contributed by atoms with Gasteiger partial charge in [-0.1, -0.05) is 0 Å². The maximum Gasteiger partial charge on any atom is 0.122 e. The van der Waals surface area contributed by atoms with Crippen molar-refractivity contribution < 1.29 is 0 Å². The number of hydrogen-bond acceptors (Lipinski definition) is 3. The van der Waals surface area contributed by atoms with Gasteiger partial charge in [-0.2, -0.15) is 0 Å². The van der Waals surface area contributed by atoms with Crippen LogP contribution in [0.15, 0.2) is 29.2 Å². The van der Waals surface area contributed by atoms with E-state index < -0.39 is 0 Å². The lowest BCUT2D eigenvalue weighted by Gasteiger charge is -1.82. The van der Waals surface area contributed by atoms with E-state index in [1.165, 1.54) is 6.20 Å². The first-order valence-electron chi connectivity index (χ1n) is 2.12. The molecule has 0 atom stereocenters. The van der Waals surface area contributed by atoms with E-state index in [1.54, 1.807) is 12.2 Å². The van der Waals surface area contributed by atoms with Gasteiger partial charge in [0.25, 0.3) is 0 Å². The Labute approximate surface area is 48.4 Å². The monoisotopic (exact) mass is 111 g/mol. The largest absolute Gasteiger partial charge is 0.405 e. The standard InChI is InChI=1S/C5H9N3/c1-8-5(7)3-2-4-6/h2-4H,1,6-7H2/b4-2-,5-3+. The SMILES string of the molecule is C=N/C(N)=C/C=C\N. The number of aliphatic imine (C=N–C) groups is 1. The summed E-state index contributed by atoms with van der Waals surface area (Å²) in [5.41, 5.74) is 10.2. The Balaban J connectivity index is 3.74. The van der Waals surface area contributed by atoms with E-state index in [0.29, 0.717) is 5.82 Å². The van der Waals surface area contributed by atoms with Crippen LogP contribution in [0.5, 0.6) is 0 Å². The predicted molar refractivity (Wildman–Crippen MR) is 35.1 cm³/mol. The van der Waals surface area contributed by atoms with Crippen LogP contribution in [0.2, 0.25) is 0 Å². The molecule has 0 aromatic rings. The van der Waals surface area contributed by atoms with Crippen LogP contribution in [0.25, 0.3) is 0 Å². The van der Waals surface area contributed by atoms with Crippen LogP contribution in [-0.2, 0) is 0 Å². The predicted octanol–water partition coefficient (Wildman–Crippen LogP) is -0.0405. The average molecular weight is 111 g/mol. The molecule has 44 valence electrons. The Morgan fingerprint density at radius 1 is 1.62 bits per heavy atom. The number of allylic oxidation sites excluding steroid dienone is 2. The van der Waals surface area contributed by atoms with Crippen LogP contribution in [0, 0.1) is 0 Å². The molecule has 0 fully saturated rings.